The monoisotopic (exact) mass is 421 g/mol. The van der Waals surface area contributed by atoms with Crippen molar-refractivity contribution in [2.24, 2.45) is 0 Å². The average molecular weight is 421 g/mol. The molecule has 160 valence electrons. The summed E-state index contributed by atoms with van der Waals surface area (Å²) >= 11 is 0. The number of rotatable bonds is 7. The highest BCUT2D eigenvalue weighted by molar-refractivity contribution is 6.13. The van der Waals surface area contributed by atoms with Crippen molar-refractivity contribution in [2.45, 2.75) is 32.3 Å². The average Bonchev–Trinajstić information content (AvgIpc) is 2.74. The molecule has 0 aromatic heterocycles. The molecule has 0 saturated carbocycles. The molecule has 0 fully saturated rings. The number of allylic oxidation sites excluding steroid dienone is 1. The number of fused-ring (bicyclic) bond motifs is 1. The number of Topliss-reactive ketones (excluding diaryl/α,β-unsaturated/α-hetero) is 1. The maximum absolute atomic E-state index is 13.0. The summed E-state index contributed by atoms with van der Waals surface area (Å²) < 4.78 is 16.2. The van der Waals surface area contributed by atoms with Crippen LogP contribution in [-0.2, 0) is 11.2 Å². The summed E-state index contributed by atoms with van der Waals surface area (Å²) in [6.07, 6.45) is 3.00. The van der Waals surface area contributed by atoms with Crippen molar-refractivity contribution in [1.82, 2.24) is 0 Å². The number of methoxy groups -OCH3 is 1. The number of aliphatic carboxylic acids is 1. The minimum Gasteiger partial charge on any atom is -0.493 e. The summed E-state index contributed by atoms with van der Waals surface area (Å²) in [6, 6.07) is 12.2. The molecule has 0 aliphatic heterocycles. The number of benzene rings is 2. The van der Waals surface area contributed by atoms with E-state index < -0.39 is 11.6 Å². The third kappa shape index (κ3) is 4.86. The van der Waals surface area contributed by atoms with Gasteiger partial charge in [-0.2, -0.15) is 5.26 Å². The van der Waals surface area contributed by atoms with E-state index in [2.05, 4.69) is 0 Å². The number of carboxylic acid groups (broad SMARTS) is 1. The molecule has 2 aromatic rings. The van der Waals surface area contributed by atoms with E-state index in [0.717, 1.165) is 11.1 Å². The first-order chi connectivity index (χ1) is 14.7. The van der Waals surface area contributed by atoms with E-state index in [1.807, 2.05) is 12.1 Å². The highest BCUT2D eigenvalue weighted by atomic mass is 16.5. The van der Waals surface area contributed by atoms with Gasteiger partial charge in [0.15, 0.2) is 29.5 Å². The second kappa shape index (κ2) is 8.92. The molecule has 3 rings (SSSR count). The van der Waals surface area contributed by atoms with E-state index >= 15 is 0 Å². The zero-order valence-corrected chi connectivity index (χ0v) is 17.6. The molecular weight excluding hydrogens is 398 g/mol. The van der Waals surface area contributed by atoms with Crippen LogP contribution in [0.15, 0.2) is 42.0 Å². The zero-order valence-electron chi connectivity index (χ0n) is 17.6. The van der Waals surface area contributed by atoms with Crippen molar-refractivity contribution in [2.75, 3.05) is 13.7 Å². The van der Waals surface area contributed by atoms with Gasteiger partial charge in [0.05, 0.1) is 7.11 Å². The minimum absolute atomic E-state index is 0.0749. The summed E-state index contributed by atoms with van der Waals surface area (Å²) in [5, 5.41) is 17.9. The molecule has 0 spiro atoms. The summed E-state index contributed by atoms with van der Waals surface area (Å²) in [5.41, 5.74) is 1.51. The predicted octanol–water partition coefficient (Wildman–Crippen LogP) is 4.05. The van der Waals surface area contributed by atoms with Gasteiger partial charge < -0.3 is 19.3 Å². The maximum Gasteiger partial charge on any atom is 0.347 e. The molecule has 0 bridgehead atoms. The first kappa shape index (κ1) is 21.9. The van der Waals surface area contributed by atoms with Gasteiger partial charge in [0.2, 0.25) is 0 Å². The Morgan fingerprint density at radius 1 is 1.19 bits per heavy atom. The van der Waals surface area contributed by atoms with E-state index in [-0.39, 0.29) is 12.4 Å². The smallest absolute Gasteiger partial charge is 0.347 e. The third-order valence-corrected chi connectivity index (χ3v) is 4.99. The molecular formula is C24H23NO6. The summed E-state index contributed by atoms with van der Waals surface area (Å²) in [7, 11) is 1.51. The normalized spacial score (nSPS) is 14.5. The van der Waals surface area contributed by atoms with Crippen LogP contribution in [-0.4, -0.2) is 36.2 Å². The number of ether oxygens (including phenoxy) is 3. The van der Waals surface area contributed by atoms with Gasteiger partial charge in [-0.3, -0.25) is 4.79 Å². The third-order valence-electron chi connectivity index (χ3n) is 4.99. The Kier molecular flexibility index (Phi) is 6.30. The molecule has 1 aliphatic carbocycles. The largest absolute Gasteiger partial charge is 0.493 e. The Hall–Kier alpha value is -3.79. The van der Waals surface area contributed by atoms with E-state index in [1.54, 1.807) is 36.4 Å². The summed E-state index contributed by atoms with van der Waals surface area (Å²) in [5.74, 6) is 0.226. The molecule has 31 heavy (non-hydrogen) atoms. The van der Waals surface area contributed by atoms with Crippen molar-refractivity contribution in [3.63, 3.8) is 0 Å². The van der Waals surface area contributed by atoms with Gasteiger partial charge in [-0.15, -0.1) is 0 Å². The fourth-order valence-electron chi connectivity index (χ4n) is 3.30. The number of carbonyl (C=O) groups is 2. The highest BCUT2D eigenvalue weighted by Gasteiger charge is 2.30. The molecule has 0 radical (unpaired) electrons. The van der Waals surface area contributed by atoms with Gasteiger partial charge in [-0.1, -0.05) is 6.07 Å². The topological polar surface area (TPSA) is 106 Å². The second-order valence-corrected chi connectivity index (χ2v) is 7.59. The number of carboxylic acids is 1. The second-order valence-electron chi connectivity index (χ2n) is 7.59. The molecule has 1 aliphatic rings. The number of ketones is 1. The number of hydrogen-bond donors (Lipinski definition) is 1. The fraction of sp³-hybridized carbons (Fsp3) is 0.292. The SMILES string of the molecule is COc1cc(/C=C2/CCc3cc(OC(C)(C)C(=O)O)ccc3C2=O)ccc1OCC#N. The summed E-state index contributed by atoms with van der Waals surface area (Å²) in [4.78, 5) is 24.3. The lowest BCUT2D eigenvalue weighted by Crippen LogP contribution is -2.37. The van der Waals surface area contributed by atoms with Crippen LogP contribution in [0.2, 0.25) is 0 Å². The molecule has 1 N–H and O–H groups in total. The van der Waals surface area contributed by atoms with Crippen LogP contribution in [0.3, 0.4) is 0 Å². The van der Waals surface area contributed by atoms with Crippen molar-refractivity contribution >= 4 is 17.8 Å². The van der Waals surface area contributed by atoms with Gasteiger partial charge in [-0.05, 0) is 74.2 Å². The lowest BCUT2D eigenvalue weighted by atomic mass is 9.86. The van der Waals surface area contributed by atoms with E-state index in [1.165, 1.54) is 21.0 Å². The lowest BCUT2D eigenvalue weighted by molar-refractivity contribution is -0.152. The highest BCUT2D eigenvalue weighted by Crippen LogP contribution is 2.33. The van der Waals surface area contributed by atoms with Gasteiger partial charge in [-0.25, -0.2) is 4.79 Å². The summed E-state index contributed by atoms with van der Waals surface area (Å²) in [6.45, 7) is 2.87. The maximum atomic E-state index is 13.0. The number of nitriles is 1. The van der Waals surface area contributed by atoms with Crippen molar-refractivity contribution < 1.29 is 28.9 Å². The molecule has 0 heterocycles. The standard InChI is InChI=1S/C24H23NO6/c1-24(2,23(27)28)31-18-7-8-19-16(14-18)5-6-17(22(19)26)12-15-4-9-20(30-11-10-25)21(13-15)29-3/h4,7-9,12-14H,5-6,11H2,1-3H3,(H,27,28)/b17-12-. The van der Waals surface area contributed by atoms with Gasteiger partial charge in [0.25, 0.3) is 0 Å². The van der Waals surface area contributed by atoms with Crippen LogP contribution < -0.4 is 14.2 Å². The van der Waals surface area contributed by atoms with Crippen molar-refractivity contribution in [3.8, 4) is 23.3 Å². The molecule has 0 amide bonds. The number of aryl methyl sites for hydroxylation is 1. The van der Waals surface area contributed by atoms with E-state index in [4.69, 9.17) is 19.5 Å². The van der Waals surface area contributed by atoms with Gasteiger partial charge >= 0.3 is 5.97 Å². The first-order valence-corrected chi connectivity index (χ1v) is 9.73. The van der Waals surface area contributed by atoms with Crippen LogP contribution in [0.25, 0.3) is 6.08 Å². The Labute approximate surface area is 180 Å². The molecule has 0 saturated heterocycles. The predicted molar refractivity (Wildman–Crippen MR) is 114 cm³/mol. The fourth-order valence-corrected chi connectivity index (χ4v) is 3.30. The van der Waals surface area contributed by atoms with Crippen LogP contribution in [0.1, 0.15) is 41.8 Å². The molecule has 2 aromatic carbocycles. The molecule has 7 nitrogen and oxygen atoms in total. The van der Waals surface area contributed by atoms with E-state index in [9.17, 15) is 14.7 Å². The van der Waals surface area contributed by atoms with Gasteiger partial charge in [0.1, 0.15) is 11.8 Å². The Balaban J connectivity index is 1.83. The zero-order chi connectivity index (χ0) is 22.6. The van der Waals surface area contributed by atoms with Crippen molar-refractivity contribution in [3.05, 3.63) is 58.7 Å². The molecule has 7 heteroatoms. The Morgan fingerprint density at radius 2 is 1.97 bits per heavy atom. The number of carbonyl (C=O) groups excluding carboxylic acids is 1. The number of hydrogen-bond acceptors (Lipinski definition) is 6. The minimum atomic E-state index is -1.36. The van der Waals surface area contributed by atoms with Crippen LogP contribution >= 0.6 is 0 Å². The molecule has 0 atom stereocenters. The quantitative estimate of drug-likeness (QED) is 0.672. The van der Waals surface area contributed by atoms with Crippen molar-refractivity contribution in [1.29, 1.82) is 5.26 Å². The lowest BCUT2D eigenvalue weighted by Gasteiger charge is -2.24. The molecule has 0 unspecified atom stereocenters. The van der Waals surface area contributed by atoms with Crippen LogP contribution in [0.4, 0.5) is 0 Å². The first-order valence-electron chi connectivity index (χ1n) is 9.73. The Morgan fingerprint density at radius 3 is 2.65 bits per heavy atom. The van der Waals surface area contributed by atoms with E-state index in [0.29, 0.717) is 41.2 Å². The number of nitrogens with zero attached hydrogens (tertiary/aromatic N) is 1. The Bertz CT molecular complexity index is 1090. The van der Waals surface area contributed by atoms with Crippen LogP contribution in [0, 0.1) is 11.3 Å². The van der Waals surface area contributed by atoms with Crippen LogP contribution in [0.5, 0.6) is 17.2 Å². The van der Waals surface area contributed by atoms with Gasteiger partial charge in [0, 0.05) is 11.1 Å².